The van der Waals surface area contributed by atoms with Crippen LogP contribution in [0, 0.1) is 10.1 Å². The number of nitro groups is 1. The van der Waals surface area contributed by atoms with E-state index in [1.165, 1.54) is 21.3 Å². The molecule has 1 saturated heterocycles. The van der Waals surface area contributed by atoms with Crippen molar-refractivity contribution >= 4 is 34.0 Å². The second-order valence-corrected chi connectivity index (χ2v) is 9.27. The van der Waals surface area contributed by atoms with Crippen LogP contribution in [0.15, 0.2) is 78.1 Å². The molecule has 1 atom stereocenters. The number of allylic oxidation sites excluding steroid dienone is 1. The normalized spacial score (nSPS) is 16.5. The molecule has 10 nitrogen and oxygen atoms in total. The molecule has 2 aliphatic rings. The van der Waals surface area contributed by atoms with Gasteiger partial charge in [-0.25, -0.2) is 4.79 Å². The number of aromatic nitrogens is 2. The number of ether oxygens (including phenoxy) is 1. The number of hydrogen-bond donors (Lipinski definition) is 0. The largest absolute Gasteiger partial charge is 0.354 e. The number of anilines is 1. The molecule has 0 N–H and O–H groups in total. The summed E-state index contributed by atoms with van der Waals surface area (Å²) in [6.07, 6.45) is 1.21. The molecule has 1 aliphatic carbocycles. The van der Waals surface area contributed by atoms with E-state index < -0.39 is 11.0 Å². The third kappa shape index (κ3) is 3.57. The first kappa shape index (κ1) is 23.6. The Hall–Kier alpha value is -4.83. The number of nitrogens with zero attached hydrogens (tertiary/aromatic N) is 4. The van der Waals surface area contributed by atoms with Crippen molar-refractivity contribution in [3.8, 4) is 0 Å². The lowest BCUT2D eigenvalue weighted by Crippen LogP contribution is -2.31. The number of benzene rings is 3. The van der Waals surface area contributed by atoms with Crippen LogP contribution in [0.1, 0.15) is 31.8 Å². The highest BCUT2D eigenvalue weighted by atomic mass is 16.6. The van der Waals surface area contributed by atoms with Crippen molar-refractivity contribution in [3.63, 3.8) is 0 Å². The first-order chi connectivity index (χ1) is 18.4. The number of carbonyl (C=O) groups is 2. The summed E-state index contributed by atoms with van der Waals surface area (Å²) in [5.41, 5.74) is 2.52. The van der Waals surface area contributed by atoms with E-state index in [4.69, 9.17) is 4.74 Å². The minimum Gasteiger partial charge on any atom is -0.354 e. The molecule has 6 rings (SSSR count). The minimum atomic E-state index is -0.455. The van der Waals surface area contributed by atoms with Crippen molar-refractivity contribution < 1.29 is 19.2 Å². The summed E-state index contributed by atoms with van der Waals surface area (Å²) < 4.78 is 9.02. The zero-order valence-electron chi connectivity index (χ0n) is 20.2. The van der Waals surface area contributed by atoms with E-state index in [1.807, 2.05) is 4.90 Å². The van der Waals surface area contributed by atoms with Crippen molar-refractivity contribution in [1.82, 2.24) is 9.13 Å². The second-order valence-electron chi connectivity index (χ2n) is 9.27. The fourth-order valence-electron chi connectivity index (χ4n) is 5.29. The van der Waals surface area contributed by atoms with Gasteiger partial charge in [0.1, 0.15) is 6.73 Å². The molecule has 2 heterocycles. The zero-order chi connectivity index (χ0) is 26.6. The van der Waals surface area contributed by atoms with Crippen LogP contribution in [-0.4, -0.2) is 45.0 Å². The van der Waals surface area contributed by atoms with Gasteiger partial charge in [0.05, 0.1) is 34.2 Å². The summed E-state index contributed by atoms with van der Waals surface area (Å²) in [6.45, 7) is 4.82. The number of rotatable bonds is 6. The van der Waals surface area contributed by atoms with Gasteiger partial charge in [0.15, 0.2) is 11.6 Å². The molecule has 0 amide bonds. The molecular formula is C28H22N4O6. The van der Waals surface area contributed by atoms with E-state index in [1.54, 1.807) is 54.6 Å². The second kappa shape index (κ2) is 8.93. The van der Waals surface area contributed by atoms with Crippen LogP contribution in [0.25, 0.3) is 11.0 Å². The summed E-state index contributed by atoms with van der Waals surface area (Å²) in [6, 6.07) is 16.2. The first-order valence-electron chi connectivity index (χ1n) is 12.1. The number of non-ortho nitro benzene ring substituents is 1. The molecule has 1 fully saturated rings. The average molecular weight is 511 g/mol. The maximum Gasteiger partial charge on any atom is 0.329 e. The van der Waals surface area contributed by atoms with E-state index in [0.29, 0.717) is 28.7 Å². The highest BCUT2D eigenvalue weighted by Crippen LogP contribution is 2.33. The van der Waals surface area contributed by atoms with Gasteiger partial charge in [-0.15, -0.1) is 6.58 Å². The standard InChI is InChI=1S/C28H22N4O6/c1-2-13-30-23-12-11-22-24(27(34)21-6-4-3-5-20(21)26(22)33)25(23)31(28(30)35)15-19-14-29(16-38-19)17-7-9-18(10-8-17)32(36)37/h2-12,19H,1,13-16H2. The lowest BCUT2D eigenvalue weighted by Gasteiger charge is -2.19. The quantitative estimate of drug-likeness (QED) is 0.195. The van der Waals surface area contributed by atoms with E-state index in [9.17, 15) is 24.5 Å². The van der Waals surface area contributed by atoms with E-state index in [2.05, 4.69) is 6.58 Å². The molecular weight excluding hydrogens is 488 g/mol. The van der Waals surface area contributed by atoms with Gasteiger partial charge in [-0.3, -0.25) is 28.8 Å². The Bertz CT molecular complexity index is 1720. The third-order valence-electron chi connectivity index (χ3n) is 7.08. The van der Waals surface area contributed by atoms with Crippen LogP contribution < -0.4 is 10.6 Å². The summed E-state index contributed by atoms with van der Waals surface area (Å²) in [5.74, 6) is -0.556. The van der Waals surface area contributed by atoms with E-state index >= 15 is 0 Å². The molecule has 190 valence electrons. The van der Waals surface area contributed by atoms with Crippen LogP contribution >= 0.6 is 0 Å². The predicted molar refractivity (Wildman–Crippen MR) is 140 cm³/mol. The van der Waals surface area contributed by atoms with Gasteiger partial charge in [0, 0.05) is 47.6 Å². The number of nitro benzene ring substituents is 1. The molecule has 0 radical (unpaired) electrons. The third-order valence-corrected chi connectivity index (χ3v) is 7.08. The van der Waals surface area contributed by atoms with E-state index in [0.717, 1.165) is 5.69 Å². The number of hydrogen-bond acceptors (Lipinski definition) is 7. The lowest BCUT2D eigenvalue weighted by atomic mass is 9.83. The molecule has 0 saturated carbocycles. The Labute approximate surface area is 216 Å². The number of imidazole rings is 1. The Balaban J connectivity index is 1.41. The fraction of sp³-hybridized carbons (Fsp3) is 0.179. The molecule has 10 heteroatoms. The Morgan fingerprint density at radius 1 is 0.947 bits per heavy atom. The van der Waals surface area contributed by atoms with Gasteiger partial charge in [0.2, 0.25) is 0 Å². The summed E-state index contributed by atoms with van der Waals surface area (Å²) in [4.78, 5) is 53.0. The van der Waals surface area contributed by atoms with Crippen molar-refractivity contribution in [2.75, 3.05) is 18.2 Å². The Morgan fingerprint density at radius 2 is 1.66 bits per heavy atom. The van der Waals surface area contributed by atoms with Gasteiger partial charge < -0.3 is 9.64 Å². The van der Waals surface area contributed by atoms with Crippen molar-refractivity contribution in [3.05, 3.63) is 116 Å². The first-order valence-corrected chi connectivity index (χ1v) is 12.1. The molecule has 1 aromatic heterocycles. The van der Waals surface area contributed by atoms with E-state index in [-0.39, 0.29) is 53.9 Å². The summed E-state index contributed by atoms with van der Waals surface area (Å²) >= 11 is 0. The molecule has 3 aromatic carbocycles. The zero-order valence-corrected chi connectivity index (χ0v) is 20.2. The van der Waals surface area contributed by atoms with Crippen LogP contribution in [0.3, 0.4) is 0 Å². The smallest absolute Gasteiger partial charge is 0.329 e. The Morgan fingerprint density at radius 3 is 2.34 bits per heavy atom. The van der Waals surface area contributed by atoms with Gasteiger partial charge in [-0.2, -0.15) is 0 Å². The van der Waals surface area contributed by atoms with Gasteiger partial charge in [0.25, 0.3) is 5.69 Å². The van der Waals surface area contributed by atoms with Crippen LogP contribution in [-0.2, 0) is 17.8 Å². The molecule has 1 aliphatic heterocycles. The number of carbonyl (C=O) groups excluding carboxylic acids is 2. The lowest BCUT2D eigenvalue weighted by molar-refractivity contribution is -0.384. The van der Waals surface area contributed by atoms with Gasteiger partial charge in [-0.05, 0) is 24.3 Å². The van der Waals surface area contributed by atoms with Crippen molar-refractivity contribution in [1.29, 1.82) is 0 Å². The van der Waals surface area contributed by atoms with Crippen molar-refractivity contribution in [2.24, 2.45) is 0 Å². The molecule has 38 heavy (non-hydrogen) atoms. The number of ketones is 2. The highest BCUT2D eigenvalue weighted by molar-refractivity contribution is 6.31. The topological polar surface area (TPSA) is 117 Å². The molecule has 1 unspecified atom stereocenters. The number of fused-ring (bicyclic) bond motifs is 4. The molecule has 0 bridgehead atoms. The van der Waals surface area contributed by atoms with Gasteiger partial charge in [-0.1, -0.05) is 30.3 Å². The maximum atomic E-state index is 13.7. The predicted octanol–water partition coefficient (Wildman–Crippen LogP) is 3.54. The fourth-order valence-corrected chi connectivity index (χ4v) is 5.29. The SMILES string of the molecule is C=CCn1c(=O)n(CC2CN(c3ccc([N+](=O)[O-])cc3)CO2)c2c3c(ccc21)C(=O)c1ccccc1C3=O. The minimum absolute atomic E-state index is 0.00226. The van der Waals surface area contributed by atoms with Crippen LogP contribution in [0.2, 0.25) is 0 Å². The van der Waals surface area contributed by atoms with Gasteiger partial charge >= 0.3 is 5.69 Å². The monoisotopic (exact) mass is 510 g/mol. The maximum absolute atomic E-state index is 13.7. The molecule has 0 spiro atoms. The average Bonchev–Trinajstić information content (AvgIpc) is 3.50. The summed E-state index contributed by atoms with van der Waals surface area (Å²) in [5, 5.41) is 11.0. The van der Waals surface area contributed by atoms with Crippen LogP contribution in [0.4, 0.5) is 11.4 Å². The highest BCUT2D eigenvalue weighted by Gasteiger charge is 2.34. The Kier molecular flexibility index (Phi) is 5.54. The molecule has 4 aromatic rings. The van der Waals surface area contributed by atoms with Crippen molar-refractivity contribution in [2.45, 2.75) is 19.2 Å². The van der Waals surface area contributed by atoms with Crippen LogP contribution in [0.5, 0.6) is 0 Å². The summed E-state index contributed by atoms with van der Waals surface area (Å²) in [7, 11) is 0.